The zero-order chi connectivity index (χ0) is 14.1. The summed E-state index contributed by atoms with van der Waals surface area (Å²) in [6.45, 7) is 3.00. The van der Waals surface area contributed by atoms with E-state index < -0.39 is 0 Å². The van der Waals surface area contributed by atoms with Crippen LogP contribution in [0, 0.1) is 0 Å². The SMILES string of the molecule is CN(C)CC1CCCN1Cc1nc2cc(N)ccc2o1. The number of aromatic nitrogens is 1. The van der Waals surface area contributed by atoms with Crippen LogP contribution >= 0.6 is 0 Å². The van der Waals surface area contributed by atoms with Crippen molar-refractivity contribution in [3.05, 3.63) is 24.1 Å². The number of nitrogens with two attached hydrogens (primary N) is 1. The van der Waals surface area contributed by atoms with Crippen molar-refractivity contribution in [3.8, 4) is 0 Å². The minimum Gasteiger partial charge on any atom is -0.439 e. The molecule has 3 rings (SSSR count). The minimum absolute atomic E-state index is 0.602. The maximum Gasteiger partial charge on any atom is 0.209 e. The van der Waals surface area contributed by atoms with Crippen molar-refractivity contribution < 1.29 is 4.42 Å². The molecule has 5 nitrogen and oxygen atoms in total. The molecule has 1 saturated heterocycles. The van der Waals surface area contributed by atoms with Crippen LogP contribution in [0.5, 0.6) is 0 Å². The summed E-state index contributed by atoms with van der Waals surface area (Å²) in [5, 5.41) is 0. The predicted molar refractivity (Wildman–Crippen MR) is 80.4 cm³/mol. The van der Waals surface area contributed by atoms with Crippen molar-refractivity contribution in [3.63, 3.8) is 0 Å². The number of hydrogen-bond acceptors (Lipinski definition) is 5. The van der Waals surface area contributed by atoms with Crippen LogP contribution in [-0.4, -0.2) is 48.0 Å². The Kier molecular flexibility index (Phi) is 3.63. The van der Waals surface area contributed by atoms with E-state index in [0.29, 0.717) is 6.04 Å². The number of benzene rings is 1. The molecule has 2 N–H and O–H groups in total. The van der Waals surface area contributed by atoms with Crippen LogP contribution in [0.3, 0.4) is 0 Å². The Bertz CT molecular complexity index is 593. The van der Waals surface area contributed by atoms with E-state index in [1.54, 1.807) is 0 Å². The standard InChI is InChI=1S/C15H22N4O/c1-18(2)9-12-4-3-7-19(12)10-15-17-13-8-11(16)5-6-14(13)20-15/h5-6,8,12H,3-4,7,9-10,16H2,1-2H3. The van der Waals surface area contributed by atoms with E-state index >= 15 is 0 Å². The van der Waals surface area contributed by atoms with Crippen molar-refractivity contribution in [2.45, 2.75) is 25.4 Å². The number of nitrogen functional groups attached to an aromatic ring is 1. The Morgan fingerprint density at radius 1 is 1.45 bits per heavy atom. The highest BCUT2D eigenvalue weighted by atomic mass is 16.3. The summed E-state index contributed by atoms with van der Waals surface area (Å²) in [6.07, 6.45) is 2.51. The first-order chi connectivity index (χ1) is 9.61. The first kappa shape index (κ1) is 13.4. The molecule has 20 heavy (non-hydrogen) atoms. The van der Waals surface area contributed by atoms with Crippen LogP contribution in [0.4, 0.5) is 5.69 Å². The lowest BCUT2D eigenvalue weighted by Crippen LogP contribution is -2.37. The van der Waals surface area contributed by atoms with Crippen LogP contribution in [0.1, 0.15) is 18.7 Å². The molecule has 0 saturated carbocycles. The second-order valence-corrected chi connectivity index (χ2v) is 5.86. The quantitative estimate of drug-likeness (QED) is 0.863. The topological polar surface area (TPSA) is 58.5 Å². The highest BCUT2D eigenvalue weighted by Crippen LogP contribution is 2.23. The smallest absolute Gasteiger partial charge is 0.209 e. The van der Waals surface area contributed by atoms with Crippen molar-refractivity contribution in [2.75, 3.05) is 32.9 Å². The molecule has 1 fully saturated rings. The highest BCUT2D eigenvalue weighted by Gasteiger charge is 2.26. The highest BCUT2D eigenvalue weighted by molar-refractivity contribution is 5.76. The summed E-state index contributed by atoms with van der Waals surface area (Å²) >= 11 is 0. The van der Waals surface area contributed by atoms with Crippen molar-refractivity contribution >= 4 is 16.8 Å². The Hall–Kier alpha value is -1.59. The van der Waals surface area contributed by atoms with E-state index in [1.807, 2.05) is 18.2 Å². The lowest BCUT2D eigenvalue weighted by Gasteiger charge is -2.25. The largest absolute Gasteiger partial charge is 0.439 e. The monoisotopic (exact) mass is 274 g/mol. The van der Waals surface area contributed by atoms with Gasteiger partial charge in [-0.2, -0.15) is 0 Å². The molecule has 2 heterocycles. The molecular formula is C15H22N4O. The van der Waals surface area contributed by atoms with Crippen LogP contribution in [0.25, 0.3) is 11.1 Å². The fourth-order valence-corrected chi connectivity index (χ4v) is 2.97. The molecule has 1 aromatic carbocycles. The van der Waals surface area contributed by atoms with Gasteiger partial charge in [0, 0.05) is 18.3 Å². The van der Waals surface area contributed by atoms with E-state index in [0.717, 1.165) is 42.3 Å². The molecule has 0 bridgehead atoms. The van der Waals surface area contributed by atoms with E-state index in [2.05, 4.69) is 28.9 Å². The molecule has 108 valence electrons. The van der Waals surface area contributed by atoms with Crippen LogP contribution in [0.15, 0.2) is 22.6 Å². The van der Waals surface area contributed by atoms with Crippen LogP contribution in [0.2, 0.25) is 0 Å². The van der Waals surface area contributed by atoms with Gasteiger partial charge in [-0.25, -0.2) is 4.98 Å². The van der Waals surface area contributed by atoms with E-state index in [1.165, 1.54) is 12.8 Å². The molecule has 2 aromatic rings. The molecular weight excluding hydrogens is 252 g/mol. The van der Waals surface area contributed by atoms with Crippen molar-refractivity contribution in [1.29, 1.82) is 0 Å². The van der Waals surface area contributed by atoms with Gasteiger partial charge in [-0.15, -0.1) is 0 Å². The molecule has 1 aliphatic heterocycles. The Labute approximate surface area is 119 Å². The summed E-state index contributed by atoms with van der Waals surface area (Å²) in [7, 11) is 4.25. The fourth-order valence-electron chi connectivity index (χ4n) is 2.97. The predicted octanol–water partition coefficient (Wildman–Crippen LogP) is 1.94. The number of likely N-dealkylation sites (N-methyl/N-ethyl adjacent to an activating group) is 1. The number of oxazole rings is 1. The summed E-state index contributed by atoms with van der Waals surface area (Å²) < 4.78 is 5.82. The number of rotatable bonds is 4. The molecule has 1 aliphatic rings. The summed E-state index contributed by atoms with van der Waals surface area (Å²) in [4.78, 5) is 9.26. The average molecular weight is 274 g/mol. The van der Waals surface area contributed by atoms with Gasteiger partial charge in [-0.05, 0) is 51.7 Å². The van der Waals surface area contributed by atoms with Gasteiger partial charge < -0.3 is 15.1 Å². The maximum absolute atomic E-state index is 5.82. The lowest BCUT2D eigenvalue weighted by molar-refractivity contribution is 0.187. The van der Waals surface area contributed by atoms with Gasteiger partial charge in [0.2, 0.25) is 5.89 Å². The third-order valence-corrected chi connectivity index (χ3v) is 3.87. The number of hydrogen-bond donors (Lipinski definition) is 1. The van der Waals surface area contributed by atoms with Gasteiger partial charge in [-0.3, -0.25) is 4.90 Å². The zero-order valence-corrected chi connectivity index (χ0v) is 12.2. The number of anilines is 1. The van der Waals surface area contributed by atoms with Crippen LogP contribution in [-0.2, 0) is 6.54 Å². The molecule has 1 unspecified atom stereocenters. The zero-order valence-electron chi connectivity index (χ0n) is 12.2. The lowest BCUT2D eigenvalue weighted by atomic mass is 10.2. The van der Waals surface area contributed by atoms with Crippen molar-refractivity contribution in [2.24, 2.45) is 0 Å². The third-order valence-electron chi connectivity index (χ3n) is 3.87. The average Bonchev–Trinajstić information content (AvgIpc) is 2.95. The van der Waals surface area contributed by atoms with Gasteiger partial charge in [-0.1, -0.05) is 0 Å². The molecule has 0 amide bonds. The molecule has 1 aromatic heterocycles. The molecule has 5 heteroatoms. The number of nitrogens with zero attached hydrogens (tertiary/aromatic N) is 3. The van der Waals surface area contributed by atoms with Gasteiger partial charge >= 0.3 is 0 Å². The van der Waals surface area contributed by atoms with E-state index in [-0.39, 0.29) is 0 Å². The Balaban J connectivity index is 1.75. The first-order valence-corrected chi connectivity index (χ1v) is 7.15. The number of fused-ring (bicyclic) bond motifs is 1. The van der Waals surface area contributed by atoms with Crippen molar-refractivity contribution in [1.82, 2.24) is 14.8 Å². The normalized spacial score (nSPS) is 20.2. The second kappa shape index (κ2) is 5.42. The van der Waals surface area contributed by atoms with E-state index in [9.17, 15) is 0 Å². The first-order valence-electron chi connectivity index (χ1n) is 7.15. The Morgan fingerprint density at radius 3 is 3.10 bits per heavy atom. The summed E-state index contributed by atoms with van der Waals surface area (Å²) in [5.41, 5.74) is 8.17. The molecule has 1 atom stereocenters. The van der Waals surface area contributed by atoms with Gasteiger partial charge in [0.15, 0.2) is 5.58 Å². The van der Waals surface area contributed by atoms with E-state index in [4.69, 9.17) is 10.2 Å². The molecule has 0 aliphatic carbocycles. The Morgan fingerprint density at radius 2 is 2.30 bits per heavy atom. The molecule has 0 spiro atoms. The molecule has 0 radical (unpaired) electrons. The van der Waals surface area contributed by atoms with Gasteiger partial charge in [0.05, 0.1) is 6.54 Å². The maximum atomic E-state index is 5.82. The number of likely N-dealkylation sites (tertiary alicyclic amines) is 1. The van der Waals surface area contributed by atoms with Gasteiger partial charge in [0.25, 0.3) is 0 Å². The third kappa shape index (κ3) is 2.78. The van der Waals surface area contributed by atoms with Crippen LogP contribution < -0.4 is 5.73 Å². The second-order valence-electron chi connectivity index (χ2n) is 5.86. The fraction of sp³-hybridized carbons (Fsp3) is 0.533. The van der Waals surface area contributed by atoms with Gasteiger partial charge in [0.1, 0.15) is 5.52 Å². The summed E-state index contributed by atoms with van der Waals surface area (Å²) in [5.74, 6) is 0.788. The minimum atomic E-state index is 0.602. The summed E-state index contributed by atoms with van der Waals surface area (Å²) in [6, 6.07) is 6.21.